The van der Waals surface area contributed by atoms with Gasteiger partial charge in [0.1, 0.15) is 6.04 Å². The Morgan fingerprint density at radius 3 is 2.29 bits per heavy atom. The van der Waals surface area contributed by atoms with Crippen molar-refractivity contribution in [2.24, 2.45) is 0 Å². The normalized spacial score (nSPS) is 19.8. The fraction of sp³-hybridized carbons (Fsp3) is 0.528. The molecule has 0 bridgehead atoms. The molecule has 262 valence electrons. The zero-order valence-corrected chi connectivity index (χ0v) is 28.2. The van der Waals surface area contributed by atoms with Gasteiger partial charge in [-0.3, -0.25) is 9.59 Å². The van der Waals surface area contributed by atoms with Gasteiger partial charge in [0.15, 0.2) is 0 Å². The van der Waals surface area contributed by atoms with E-state index in [1.54, 1.807) is 28.0 Å². The number of carbonyl (C=O) groups is 5. The number of esters is 1. The van der Waals surface area contributed by atoms with E-state index in [-0.39, 0.29) is 35.9 Å². The standard InChI is InChI=1S/C36H47N7O6/c1-49-34(46)25-9-7-10-27(22-25)37-35(47)38-31(33(45)42-20-12-28(13-21-42)40-16-5-2-6-17-40)23-32(44)41-18-14-29(15-19-41)43-24-26-8-3-4-11-30(26)39-36(43)48/h3-4,7-11,22,28-29,31H,2,5-6,12-21,23-24H2,1H3,(H,39,48)(H2,37,38,47)/t31-/m0/s1. The van der Waals surface area contributed by atoms with E-state index < -0.39 is 18.0 Å². The van der Waals surface area contributed by atoms with Crippen molar-refractivity contribution in [1.82, 2.24) is 24.9 Å². The van der Waals surface area contributed by atoms with E-state index in [9.17, 15) is 24.0 Å². The van der Waals surface area contributed by atoms with Gasteiger partial charge in [0.05, 0.1) is 19.1 Å². The number of nitrogens with one attached hydrogen (secondary N) is 3. The Bertz CT molecular complexity index is 1530. The van der Waals surface area contributed by atoms with Gasteiger partial charge in [-0.15, -0.1) is 0 Å². The highest BCUT2D eigenvalue weighted by Gasteiger charge is 2.36. The van der Waals surface area contributed by atoms with E-state index in [0.717, 1.165) is 37.2 Å². The van der Waals surface area contributed by atoms with Crippen LogP contribution in [-0.4, -0.2) is 114 Å². The third-order valence-electron chi connectivity index (χ3n) is 10.3. The molecule has 3 saturated heterocycles. The summed E-state index contributed by atoms with van der Waals surface area (Å²) in [5.41, 5.74) is 2.51. The minimum atomic E-state index is -1.06. The molecule has 49 heavy (non-hydrogen) atoms. The number of fused-ring (bicyclic) bond motifs is 1. The van der Waals surface area contributed by atoms with Gasteiger partial charge in [-0.1, -0.05) is 30.7 Å². The molecule has 0 aromatic heterocycles. The van der Waals surface area contributed by atoms with E-state index in [0.29, 0.717) is 57.3 Å². The lowest BCUT2D eigenvalue weighted by molar-refractivity contribution is -0.140. The van der Waals surface area contributed by atoms with Crippen LogP contribution in [0.2, 0.25) is 0 Å². The summed E-state index contributed by atoms with van der Waals surface area (Å²) in [7, 11) is 1.28. The summed E-state index contributed by atoms with van der Waals surface area (Å²) < 4.78 is 4.78. The number of ether oxygens (including phenoxy) is 1. The first-order valence-electron chi connectivity index (χ1n) is 17.5. The number of amides is 6. The lowest BCUT2D eigenvalue weighted by Crippen LogP contribution is -2.56. The summed E-state index contributed by atoms with van der Waals surface area (Å²) in [6.45, 7) is 4.76. The zero-order chi connectivity index (χ0) is 34.3. The number of benzene rings is 2. The summed E-state index contributed by atoms with van der Waals surface area (Å²) in [5, 5.41) is 8.44. The molecule has 6 amide bonds. The first-order valence-corrected chi connectivity index (χ1v) is 17.5. The number of urea groups is 2. The number of hydrogen-bond acceptors (Lipinski definition) is 7. The Balaban J connectivity index is 1.08. The number of likely N-dealkylation sites (tertiary alicyclic amines) is 3. The van der Waals surface area contributed by atoms with Crippen molar-refractivity contribution >= 4 is 41.2 Å². The number of nitrogens with zero attached hydrogens (tertiary/aromatic N) is 4. The van der Waals surface area contributed by atoms with Crippen molar-refractivity contribution in [2.75, 3.05) is 57.0 Å². The van der Waals surface area contributed by atoms with Gasteiger partial charge in [0.25, 0.3) is 0 Å². The Kier molecular flexibility index (Phi) is 11.0. The summed E-state index contributed by atoms with van der Waals surface area (Å²) in [6, 6.07) is 12.7. The second kappa shape index (κ2) is 15.7. The van der Waals surface area contributed by atoms with Crippen LogP contribution in [0.1, 0.15) is 67.3 Å². The fourth-order valence-corrected chi connectivity index (χ4v) is 7.57. The highest BCUT2D eigenvalue weighted by atomic mass is 16.5. The van der Waals surface area contributed by atoms with Crippen molar-refractivity contribution in [3.8, 4) is 0 Å². The first kappa shape index (κ1) is 34.2. The van der Waals surface area contributed by atoms with E-state index in [2.05, 4.69) is 20.9 Å². The van der Waals surface area contributed by atoms with Crippen molar-refractivity contribution in [1.29, 1.82) is 0 Å². The molecular formula is C36H47N7O6. The Labute approximate surface area is 287 Å². The second-order valence-electron chi connectivity index (χ2n) is 13.4. The Hall–Kier alpha value is -4.65. The maximum absolute atomic E-state index is 14.0. The number of piperidine rings is 3. The van der Waals surface area contributed by atoms with Gasteiger partial charge in [-0.25, -0.2) is 14.4 Å². The predicted octanol–water partition coefficient (Wildman–Crippen LogP) is 3.87. The average Bonchev–Trinajstić information content (AvgIpc) is 3.14. The summed E-state index contributed by atoms with van der Waals surface area (Å²) in [5.74, 6) is -1.03. The second-order valence-corrected chi connectivity index (χ2v) is 13.4. The van der Waals surface area contributed by atoms with Crippen molar-refractivity contribution < 1.29 is 28.7 Å². The molecular weight excluding hydrogens is 626 g/mol. The molecule has 13 heteroatoms. The molecule has 0 unspecified atom stereocenters. The molecule has 1 atom stereocenters. The van der Waals surface area contributed by atoms with Gasteiger partial charge in [-0.05, 0) is 81.4 Å². The van der Waals surface area contributed by atoms with Crippen LogP contribution in [0.15, 0.2) is 48.5 Å². The molecule has 4 aliphatic heterocycles. The van der Waals surface area contributed by atoms with Crippen molar-refractivity contribution in [3.05, 3.63) is 59.7 Å². The van der Waals surface area contributed by atoms with Crippen LogP contribution in [-0.2, 0) is 20.9 Å². The van der Waals surface area contributed by atoms with Crippen LogP contribution in [0.3, 0.4) is 0 Å². The molecule has 4 heterocycles. The van der Waals surface area contributed by atoms with Crippen molar-refractivity contribution in [3.63, 3.8) is 0 Å². The molecule has 3 N–H and O–H groups in total. The van der Waals surface area contributed by atoms with Crippen LogP contribution in [0, 0.1) is 0 Å². The van der Waals surface area contributed by atoms with Gasteiger partial charge in [-0.2, -0.15) is 0 Å². The topological polar surface area (TPSA) is 144 Å². The van der Waals surface area contributed by atoms with Crippen molar-refractivity contribution in [2.45, 2.75) is 76.0 Å². The third kappa shape index (κ3) is 8.33. The molecule has 0 spiro atoms. The molecule has 0 saturated carbocycles. The molecule has 2 aromatic rings. The van der Waals surface area contributed by atoms with E-state index in [4.69, 9.17) is 4.74 Å². The molecule has 3 fully saturated rings. The molecule has 2 aromatic carbocycles. The lowest BCUT2D eigenvalue weighted by atomic mass is 9.98. The molecule has 6 rings (SSSR count). The largest absolute Gasteiger partial charge is 0.465 e. The Morgan fingerprint density at radius 1 is 0.857 bits per heavy atom. The number of para-hydroxylation sites is 1. The smallest absolute Gasteiger partial charge is 0.337 e. The molecule has 13 nitrogen and oxygen atoms in total. The highest BCUT2D eigenvalue weighted by Crippen LogP contribution is 2.28. The maximum Gasteiger partial charge on any atom is 0.337 e. The number of rotatable bonds is 8. The number of methoxy groups -OCH3 is 1. The minimum Gasteiger partial charge on any atom is -0.465 e. The number of anilines is 2. The predicted molar refractivity (Wildman–Crippen MR) is 184 cm³/mol. The molecule has 4 aliphatic rings. The van der Waals surface area contributed by atoms with Crippen LogP contribution in [0.4, 0.5) is 21.0 Å². The summed E-state index contributed by atoms with van der Waals surface area (Å²) in [4.78, 5) is 73.6. The van der Waals surface area contributed by atoms with Crippen LogP contribution in [0.25, 0.3) is 0 Å². The first-order chi connectivity index (χ1) is 23.8. The third-order valence-corrected chi connectivity index (χ3v) is 10.3. The van der Waals surface area contributed by atoms with E-state index in [1.165, 1.54) is 32.4 Å². The van der Waals surface area contributed by atoms with E-state index >= 15 is 0 Å². The molecule has 0 aliphatic carbocycles. The van der Waals surface area contributed by atoms with Gasteiger partial charge >= 0.3 is 18.0 Å². The monoisotopic (exact) mass is 673 g/mol. The van der Waals surface area contributed by atoms with Crippen LogP contribution >= 0.6 is 0 Å². The zero-order valence-electron chi connectivity index (χ0n) is 28.2. The SMILES string of the molecule is COC(=O)c1cccc(NC(=O)N[C@@H](CC(=O)N2CCC(N3Cc4ccccc4NC3=O)CC2)C(=O)N2CCC(N3CCCCC3)CC2)c1. The lowest BCUT2D eigenvalue weighted by Gasteiger charge is -2.41. The quantitative estimate of drug-likeness (QED) is 0.361. The average molecular weight is 674 g/mol. The van der Waals surface area contributed by atoms with Gasteiger partial charge < -0.3 is 40.3 Å². The number of carbonyl (C=O) groups excluding carboxylic acids is 5. The highest BCUT2D eigenvalue weighted by molar-refractivity contribution is 5.97. The van der Waals surface area contributed by atoms with Crippen LogP contribution in [0.5, 0.6) is 0 Å². The van der Waals surface area contributed by atoms with E-state index in [1.807, 2.05) is 29.2 Å². The summed E-state index contributed by atoms with van der Waals surface area (Å²) in [6.07, 6.45) is 6.47. The van der Waals surface area contributed by atoms with Crippen LogP contribution < -0.4 is 16.0 Å². The fourth-order valence-electron chi connectivity index (χ4n) is 7.57. The number of hydrogen-bond donors (Lipinski definition) is 3. The Morgan fingerprint density at radius 2 is 1.55 bits per heavy atom. The minimum absolute atomic E-state index is 0.0132. The van der Waals surface area contributed by atoms with Gasteiger partial charge in [0, 0.05) is 56.2 Å². The maximum atomic E-state index is 14.0. The van der Waals surface area contributed by atoms with Gasteiger partial charge in [0.2, 0.25) is 11.8 Å². The molecule has 0 radical (unpaired) electrons. The summed E-state index contributed by atoms with van der Waals surface area (Å²) >= 11 is 0.